The van der Waals surface area contributed by atoms with Gasteiger partial charge >= 0.3 is 0 Å². The van der Waals surface area contributed by atoms with E-state index in [9.17, 15) is 5.11 Å². The van der Waals surface area contributed by atoms with Crippen LogP contribution in [-0.4, -0.2) is 14.7 Å². The maximum absolute atomic E-state index is 9.33. The minimum Gasteiger partial charge on any atom is -0.508 e. The highest BCUT2D eigenvalue weighted by atomic mass is 32.2. The van der Waals surface area contributed by atoms with Crippen molar-refractivity contribution in [2.75, 3.05) is 0 Å². The van der Waals surface area contributed by atoms with E-state index >= 15 is 0 Å². The summed E-state index contributed by atoms with van der Waals surface area (Å²) >= 11 is 1.55. The standard InChI is InChI=1S/C11H12N2OS/c1-2-13-7-6-12-11(13)15-10-5-3-4-9(14)8-10/h3-8,14H,2H2,1H3. The van der Waals surface area contributed by atoms with Gasteiger partial charge in [-0.05, 0) is 25.1 Å². The van der Waals surface area contributed by atoms with Crippen LogP contribution in [0.5, 0.6) is 5.75 Å². The molecule has 0 saturated heterocycles. The molecule has 0 aliphatic rings. The Morgan fingerprint density at radius 2 is 2.33 bits per heavy atom. The van der Waals surface area contributed by atoms with Crippen molar-refractivity contribution in [3.8, 4) is 5.75 Å². The summed E-state index contributed by atoms with van der Waals surface area (Å²) in [5, 5.41) is 10.3. The Labute approximate surface area is 92.8 Å². The number of hydrogen-bond donors (Lipinski definition) is 1. The van der Waals surface area contributed by atoms with Gasteiger partial charge in [-0.15, -0.1) is 0 Å². The van der Waals surface area contributed by atoms with E-state index in [2.05, 4.69) is 16.5 Å². The lowest BCUT2D eigenvalue weighted by Gasteiger charge is -2.04. The van der Waals surface area contributed by atoms with Crippen LogP contribution in [0.4, 0.5) is 0 Å². The first-order valence-electron chi connectivity index (χ1n) is 4.77. The molecule has 0 spiro atoms. The van der Waals surface area contributed by atoms with Crippen LogP contribution in [0.15, 0.2) is 46.7 Å². The smallest absolute Gasteiger partial charge is 0.172 e. The van der Waals surface area contributed by atoms with Crippen LogP contribution in [0.25, 0.3) is 0 Å². The molecule has 0 unspecified atom stereocenters. The predicted octanol–water partition coefficient (Wildman–Crippen LogP) is 2.76. The van der Waals surface area contributed by atoms with E-state index < -0.39 is 0 Å². The second-order valence-electron chi connectivity index (χ2n) is 3.10. The van der Waals surface area contributed by atoms with Gasteiger partial charge in [0, 0.05) is 23.8 Å². The third-order valence-electron chi connectivity index (χ3n) is 2.04. The molecule has 1 heterocycles. The SMILES string of the molecule is CCn1ccnc1Sc1cccc(O)c1. The number of phenolic OH excluding ortho intramolecular Hbond substituents is 1. The molecule has 2 rings (SSSR count). The molecule has 1 aromatic heterocycles. The van der Waals surface area contributed by atoms with Gasteiger partial charge in [-0.2, -0.15) is 0 Å². The zero-order valence-electron chi connectivity index (χ0n) is 8.42. The summed E-state index contributed by atoms with van der Waals surface area (Å²) in [6, 6.07) is 7.19. The third kappa shape index (κ3) is 2.33. The second kappa shape index (κ2) is 4.40. The number of rotatable bonds is 3. The van der Waals surface area contributed by atoms with Crippen molar-refractivity contribution < 1.29 is 5.11 Å². The fourth-order valence-electron chi connectivity index (χ4n) is 1.29. The molecule has 78 valence electrons. The summed E-state index contributed by atoms with van der Waals surface area (Å²) in [6.07, 6.45) is 3.74. The summed E-state index contributed by atoms with van der Waals surface area (Å²) in [6.45, 7) is 2.98. The van der Waals surface area contributed by atoms with Crippen LogP contribution >= 0.6 is 11.8 Å². The minimum absolute atomic E-state index is 0.287. The Morgan fingerprint density at radius 3 is 3.07 bits per heavy atom. The number of aryl methyl sites for hydroxylation is 1. The van der Waals surface area contributed by atoms with Crippen LogP contribution in [0.2, 0.25) is 0 Å². The molecule has 0 aliphatic heterocycles. The Hall–Kier alpha value is -1.42. The number of imidazole rings is 1. The summed E-state index contributed by atoms with van der Waals surface area (Å²) in [7, 11) is 0. The van der Waals surface area contributed by atoms with Crippen molar-refractivity contribution in [2.45, 2.75) is 23.5 Å². The van der Waals surface area contributed by atoms with Gasteiger partial charge in [0.2, 0.25) is 0 Å². The largest absolute Gasteiger partial charge is 0.508 e. The van der Waals surface area contributed by atoms with E-state index in [1.807, 2.05) is 18.3 Å². The Morgan fingerprint density at radius 1 is 1.47 bits per heavy atom. The van der Waals surface area contributed by atoms with Crippen LogP contribution < -0.4 is 0 Å². The van der Waals surface area contributed by atoms with Gasteiger partial charge in [0.1, 0.15) is 5.75 Å². The molecule has 0 aliphatic carbocycles. The van der Waals surface area contributed by atoms with Crippen molar-refractivity contribution in [3.05, 3.63) is 36.7 Å². The van der Waals surface area contributed by atoms with E-state index in [1.165, 1.54) is 0 Å². The topological polar surface area (TPSA) is 38.0 Å². The van der Waals surface area contributed by atoms with Gasteiger partial charge in [0.25, 0.3) is 0 Å². The van der Waals surface area contributed by atoms with Gasteiger partial charge in [0.15, 0.2) is 5.16 Å². The van der Waals surface area contributed by atoms with Crippen molar-refractivity contribution >= 4 is 11.8 Å². The molecule has 0 bridgehead atoms. The van der Waals surface area contributed by atoms with Crippen molar-refractivity contribution in [3.63, 3.8) is 0 Å². The van der Waals surface area contributed by atoms with Crippen LogP contribution in [0.1, 0.15) is 6.92 Å². The maximum Gasteiger partial charge on any atom is 0.172 e. The van der Waals surface area contributed by atoms with E-state index in [1.54, 1.807) is 30.1 Å². The predicted molar refractivity (Wildman–Crippen MR) is 60.1 cm³/mol. The minimum atomic E-state index is 0.287. The lowest BCUT2D eigenvalue weighted by molar-refractivity contribution is 0.474. The highest BCUT2D eigenvalue weighted by Crippen LogP contribution is 2.28. The molecule has 2 aromatic rings. The van der Waals surface area contributed by atoms with Crippen LogP contribution in [-0.2, 0) is 6.54 Å². The molecule has 0 amide bonds. The fourth-order valence-corrected chi connectivity index (χ4v) is 2.25. The lowest BCUT2D eigenvalue weighted by atomic mass is 10.3. The summed E-state index contributed by atoms with van der Waals surface area (Å²) < 4.78 is 2.06. The van der Waals surface area contributed by atoms with E-state index in [0.29, 0.717) is 0 Å². The molecule has 1 N–H and O–H groups in total. The number of aromatic nitrogens is 2. The normalized spacial score (nSPS) is 10.5. The number of nitrogens with zero attached hydrogens (tertiary/aromatic N) is 2. The number of hydrogen-bond acceptors (Lipinski definition) is 3. The zero-order valence-corrected chi connectivity index (χ0v) is 9.24. The average Bonchev–Trinajstić information content (AvgIpc) is 2.65. The second-order valence-corrected chi connectivity index (χ2v) is 4.14. The molecule has 0 fully saturated rings. The van der Waals surface area contributed by atoms with Gasteiger partial charge in [0.05, 0.1) is 0 Å². The van der Waals surface area contributed by atoms with Crippen molar-refractivity contribution in [2.24, 2.45) is 0 Å². The molecule has 4 heteroatoms. The molecule has 1 aromatic carbocycles. The molecular formula is C11H12N2OS. The number of aromatic hydroxyl groups is 1. The van der Waals surface area contributed by atoms with Crippen LogP contribution in [0, 0.1) is 0 Å². The van der Waals surface area contributed by atoms with E-state index in [-0.39, 0.29) is 5.75 Å². The maximum atomic E-state index is 9.33. The van der Waals surface area contributed by atoms with Gasteiger partial charge in [-0.25, -0.2) is 4.98 Å². The average molecular weight is 220 g/mol. The summed E-state index contributed by atoms with van der Waals surface area (Å²) in [5.74, 6) is 0.287. The third-order valence-corrected chi connectivity index (χ3v) is 3.06. The first-order valence-corrected chi connectivity index (χ1v) is 5.59. The summed E-state index contributed by atoms with van der Waals surface area (Å²) in [5.41, 5.74) is 0. The molecule has 0 saturated carbocycles. The molecule has 0 radical (unpaired) electrons. The van der Waals surface area contributed by atoms with Crippen molar-refractivity contribution in [1.29, 1.82) is 0 Å². The Kier molecular flexibility index (Phi) is 2.97. The number of phenols is 1. The summed E-state index contributed by atoms with van der Waals surface area (Å²) in [4.78, 5) is 5.25. The molecule has 0 atom stereocenters. The van der Waals surface area contributed by atoms with Gasteiger partial charge in [-0.1, -0.05) is 17.8 Å². The highest BCUT2D eigenvalue weighted by Gasteiger charge is 2.03. The van der Waals surface area contributed by atoms with Crippen molar-refractivity contribution in [1.82, 2.24) is 9.55 Å². The first kappa shape index (κ1) is 10.1. The molecular weight excluding hydrogens is 208 g/mol. The zero-order chi connectivity index (χ0) is 10.7. The van der Waals surface area contributed by atoms with Crippen LogP contribution in [0.3, 0.4) is 0 Å². The quantitative estimate of drug-likeness (QED) is 0.864. The fraction of sp³-hybridized carbons (Fsp3) is 0.182. The van der Waals surface area contributed by atoms with E-state index in [0.717, 1.165) is 16.6 Å². The monoisotopic (exact) mass is 220 g/mol. The highest BCUT2D eigenvalue weighted by molar-refractivity contribution is 7.99. The lowest BCUT2D eigenvalue weighted by Crippen LogP contribution is -1.93. The Balaban J connectivity index is 2.22. The molecule has 15 heavy (non-hydrogen) atoms. The van der Waals surface area contributed by atoms with E-state index in [4.69, 9.17) is 0 Å². The van der Waals surface area contributed by atoms with Gasteiger partial charge < -0.3 is 9.67 Å². The number of benzene rings is 1. The molecule has 3 nitrogen and oxygen atoms in total. The Bertz CT molecular complexity index is 453. The van der Waals surface area contributed by atoms with Gasteiger partial charge in [-0.3, -0.25) is 0 Å². The first-order chi connectivity index (χ1) is 7.29.